The number of nitrogens with zero attached hydrogens (tertiary/aromatic N) is 1. The molecule has 0 bridgehead atoms. The summed E-state index contributed by atoms with van der Waals surface area (Å²) in [7, 11) is 0. The second-order valence-corrected chi connectivity index (χ2v) is 8.23. The highest BCUT2D eigenvalue weighted by Gasteiger charge is 2.30. The molecule has 21 heavy (non-hydrogen) atoms. The molecule has 2 heteroatoms. The van der Waals surface area contributed by atoms with Gasteiger partial charge in [0.05, 0.1) is 10.7 Å². The molecule has 1 aromatic rings. The van der Waals surface area contributed by atoms with Gasteiger partial charge in [0, 0.05) is 10.3 Å². The Hall–Kier alpha value is -0.370. The van der Waals surface area contributed by atoms with E-state index in [0.29, 0.717) is 5.41 Å². The summed E-state index contributed by atoms with van der Waals surface area (Å²) in [5.74, 6) is 0. The first kappa shape index (κ1) is 18.7. The molecule has 0 amide bonds. The fourth-order valence-corrected chi connectivity index (χ4v) is 4.30. The van der Waals surface area contributed by atoms with Crippen LogP contribution in [0.15, 0.2) is 0 Å². The quantitative estimate of drug-likeness (QED) is 0.403. The van der Waals surface area contributed by atoms with Gasteiger partial charge in [0.15, 0.2) is 0 Å². The first-order valence-electron chi connectivity index (χ1n) is 8.98. The van der Waals surface area contributed by atoms with Crippen LogP contribution >= 0.6 is 11.3 Å². The van der Waals surface area contributed by atoms with Gasteiger partial charge in [0.1, 0.15) is 0 Å². The number of thiazole rings is 1. The van der Waals surface area contributed by atoms with Gasteiger partial charge in [-0.15, -0.1) is 11.3 Å². The van der Waals surface area contributed by atoms with Crippen molar-refractivity contribution in [1.29, 1.82) is 0 Å². The predicted molar refractivity (Wildman–Crippen MR) is 96.5 cm³/mol. The van der Waals surface area contributed by atoms with Crippen LogP contribution in [0.4, 0.5) is 0 Å². The van der Waals surface area contributed by atoms with Crippen molar-refractivity contribution in [2.75, 3.05) is 0 Å². The van der Waals surface area contributed by atoms with E-state index < -0.39 is 0 Å². The average Bonchev–Trinajstić information content (AvgIpc) is 2.80. The summed E-state index contributed by atoms with van der Waals surface area (Å²) in [6.45, 7) is 11.5. The molecular weight excluding hydrogens is 274 g/mol. The molecule has 122 valence electrons. The van der Waals surface area contributed by atoms with Crippen molar-refractivity contribution in [3.8, 4) is 0 Å². The van der Waals surface area contributed by atoms with Crippen molar-refractivity contribution in [2.45, 2.75) is 104 Å². The molecule has 1 aromatic heterocycles. The first-order valence-corrected chi connectivity index (χ1v) is 9.79. The van der Waals surface area contributed by atoms with Crippen molar-refractivity contribution in [1.82, 2.24) is 4.98 Å². The summed E-state index contributed by atoms with van der Waals surface area (Å²) in [4.78, 5) is 6.34. The Morgan fingerprint density at radius 1 is 0.857 bits per heavy atom. The lowest BCUT2D eigenvalue weighted by Gasteiger charge is -2.29. The van der Waals surface area contributed by atoms with E-state index in [1.165, 1.54) is 79.8 Å². The van der Waals surface area contributed by atoms with Gasteiger partial charge in [0.2, 0.25) is 0 Å². The van der Waals surface area contributed by atoms with E-state index in [9.17, 15) is 0 Å². The Bertz CT molecular complexity index is 382. The Kier molecular flexibility index (Phi) is 8.55. The number of hydrogen-bond acceptors (Lipinski definition) is 2. The van der Waals surface area contributed by atoms with E-state index >= 15 is 0 Å². The van der Waals surface area contributed by atoms with Crippen molar-refractivity contribution in [3.63, 3.8) is 0 Å². The SMILES string of the molecule is CCCCCCC(C)(CCCCCC)c1nc(C)sc1C. The Balaban J connectivity index is 2.70. The summed E-state index contributed by atoms with van der Waals surface area (Å²) in [6, 6.07) is 0. The zero-order chi connectivity index (χ0) is 15.7. The van der Waals surface area contributed by atoms with Crippen molar-refractivity contribution >= 4 is 11.3 Å². The van der Waals surface area contributed by atoms with Gasteiger partial charge >= 0.3 is 0 Å². The van der Waals surface area contributed by atoms with Crippen LogP contribution in [-0.2, 0) is 5.41 Å². The average molecular weight is 310 g/mol. The molecule has 0 aliphatic carbocycles. The molecule has 0 atom stereocenters. The van der Waals surface area contributed by atoms with E-state index in [2.05, 4.69) is 34.6 Å². The van der Waals surface area contributed by atoms with Gasteiger partial charge in [-0.1, -0.05) is 72.1 Å². The van der Waals surface area contributed by atoms with E-state index in [4.69, 9.17) is 4.98 Å². The molecule has 0 fully saturated rings. The highest BCUT2D eigenvalue weighted by Crippen LogP contribution is 2.38. The second-order valence-electron chi connectivity index (χ2n) is 6.82. The highest BCUT2D eigenvalue weighted by molar-refractivity contribution is 7.11. The van der Waals surface area contributed by atoms with Crippen LogP contribution in [0.25, 0.3) is 0 Å². The van der Waals surface area contributed by atoms with Gasteiger partial charge in [-0.2, -0.15) is 0 Å². The minimum Gasteiger partial charge on any atom is -0.246 e. The van der Waals surface area contributed by atoms with Gasteiger partial charge in [-0.3, -0.25) is 0 Å². The zero-order valence-corrected chi connectivity index (χ0v) is 15.7. The van der Waals surface area contributed by atoms with Crippen LogP contribution in [0.2, 0.25) is 0 Å². The molecule has 1 nitrogen and oxygen atoms in total. The monoisotopic (exact) mass is 309 g/mol. The third-order valence-electron chi connectivity index (χ3n) is 4.64. The lowest BCUT2D eigenvalue weighted by molar-refractivity contribution is 0.355. The molecule has 0 saturated heterocycles. The fraction of sp³-hybridized carbons (Fsp3) is 0.842. The molecule has 0 aliphatic heterocycles. The molecule has 0 radical (unpaired) electrons. The third kappa shape index (κ3) is 6.10. The summed E-state index contributed by atoms with van der Waals surface area (Å²) in [5.41, 5.74) is 1.70. The van der Waals surface area contributed by atoms with Crippen LogP contribution in [0.1, 0.15) is 101 Å². The van der Waals surface area contributed by atoms with E-state index in [1.807, 2.05) is 11.3 Å². The highest BCUT2D eigenvalue weighted by atomic mass is 32.1. The molecule has 1 rings (SSSR count). The standard InChI is InChI=1S/C19H35NS/c1-6-8-10-12-14-19(5,15-13-11-9-7-2)18-16(3)21-17(4)20-18/h6-15H2,1-5H3. The minimum absolute atomic E-state index is 0.302. The number of hydrogen-bond donors (Lipinski definition) is 0. The third-order valence-corrected chi connectivity index (χ3v) is 5.53. The van der Waals surface area contributed by atoms with Crippen LogP contribution in [0, 0.1) is 13.8 Å². The number of rotatable bonds is 11. The van der Waals surface area contributed by atoms with Crippen LogP contribution in [-0.4, -0.2) is 4.98 Å². The van der Waals surface area contributed by atoms with Crippen molar-refractivity contribution in [3.05, 3.63) is 15.6 Å². The van der Waals surface area contributed by atoms with Crippen LogP contribution < -0.4 is 0 Å². The molecule has 0 aliphatic rings. The van der Waals surface area contributed by atoms with E-state index in [-0.39, 0.29) is 0 Å². The van der Waals surface area contributed by atoms with E-state index in [1.54, 1.807) is 0 Å². The Labute approximate surface area is 136 Å². The summed E-state index contributed by atoms with van der Waals surface area (Å²) in [6.07, 6.45) is 13.5. The van der Waals surface area contributed by atoms with Gasteiger partial charge in [-0.25, -0.2) is 4.98 Å². The lowest BCUT2D eigenvalue weighted by Crippen LogP contribution is -2.23. The molecule has 0 aromatic carbocycles. The predicted octanol–water partition coefficient (Wildman–Crippen LogP) is 6.96. The van der Waals surface area contributed by atoms with Crippen LogP contribution in [0.3, 0.4) is 0 Å². The molecular formula is C19H35NS. The lowest BCUT2D eigenvalue weighted by atomic mass is 9.76. The largest absolute Gasteiger partial charge is 0.246 e. The van der Waals surface area contributed by atoms with Crippen LogP contribution in [0.5, 0.6) is 0 Å². The summed E-state index contributed by atoms with van der Waals surface area (Å²) >= 11 is 1.87. The maximum Gasteiger partial charge on any atom is 0.0900 e. The zero-order valence-electron chi connectivity index (χ0n) is 14.9. The number of unbranched alkanes of at least 4 members (excludes halogenated alkanes) is 6. The smallest absolute Gasteiger partial charge is 0.0900 e. The van der Waals surface area contributed by atoms with Gasteiger partial charge in [0.25, 0.3) is 0 Å². The first-order chi connectivity index (χ1) is 10.0. The normalized spacial score (nSPS) is 12.0. The maximum atomic E-state index is 4.90. The maximum absolute atomic E-state index is 4.90. The van der Waals surface area contributed by atoms with E-state index in [0.717, 1.165) is 0 Å². The molecule has 1 heterocycles. The van der Waals surface area contributed by atoms with Crippen molar-refractivity contribution < 1.29 is 0 Å². The second kappa shape index (κ2) is 9.61. The molecule has 0 saturated carbocycles. The Morgan fingerprint density at radius 2 is 1.38 bits per heavy atom. The van der Waals surface area contributed by atoms with Gasteiger partial charge in [-0.05, 0) is 26.7 Å². The minimum atomic E-state index is 0.302. The summed E-state index contributed by atoms with van der Waals surface area (Å²) < 4.78 is 0. The fourth-order valence-electron chi connectivity index (χ4n) is 3.33. The summed E-state index contributed by atoms with van der Waals surface area (Å²) in [5, 5.41) is 1.23. The number of aryl methyl sites for hydroxylation is 2. The topological polar surface area (TPSA) is 12.9 Å². The van der Waals surface area contributed by atoms with Crippen molar-refractivity contribution in [2.24, 2.45) is 0 Å². The molecule has 0 spiro atoms. The number of aromatic nitrogens is 1. The Morgan fingerprint density at radius 3 is 1.76 bits per heavy atom. The van der Waals surface area contributed by atoms with Gasteiger partial charge < -0.3 is 0 Å². The molecule has 0 N–H and O–H groups in total. The molecule has 0 unspecified atom stereocenters.